The Balaban J connectivity index is 1.41. The van der Waals surface area contributed by atoms with Gasteiger partial charge in [-0.3, -0.25) is 14.2 Å². The summed E-state index contributed by atoms with van der Waals surface area (Å²) in [6.07, 6.45) is 2.13. The van der Waals surface area contributed by atoms with Gasteiger partial charge < -0.3 is 9.88 Å². The highest BCUT2D eigenvalue weighted by Gasteiger charge is 2.17. The van der Waals surface area contributed by atoms with Crippen molar-refractivity contribution in [2.45, 2.75) is 19.9 Å². The number of thiophene rings is 1. The minimum Gasteiger partial charge on any atom is -0.354 e. The van der Waals surface area contributed by atoms with Crippen molar-refractivity contribution in [2.75, 3.05) is 6.54 Å². The molecule has 4 aromatic rings. The van der Waals surface area contributed by atoms with Crippen LogP contribution in [0.2, 0.25) is 0 Å². The molecule has 0 aromatic carbocycles. The predicted molar refractivity (Wildman–Crippen MR) is 117 cm³/mol. The first kappa shape index (κ1) is 20.2. The molecule has 4 aromatic heterocycles. The molecule has 0 spiro atoms. The number of carbonyl (C=O) groups excluding carboxylic acids is 1. The van der Waals surface area contributed by atoms with Gasteiger partial charge in [-0.25, -0.2) is 19.3 Å². The van der Waals surface area contributed by atoms with Crippen LogP contribution in [0.15, 0.2) is 33.4 Å². The number of imidazole rings is 1. The van der Waals surface area contributed by atoms with E-state index in [1.54, 1.807) is 34.3 Å². The molecule has 0 radical (unpaired) electrons. The lowest BCUT2D eigenvalue weighted by Gasteiger charge is -2.09. The van der Waals surface area contributed by atoms with Crippen LogP contribution >= 0.6 is 22.7 Å². The summed E-state index contributed by atoms with van der Waals surface area (Å²) in [5, 5.41) is 5.84. The van der Waals surface area contributed by atoms with E-state index in [0.29, 0.717) is 18.6 Å². The zero-order chi connectivity index (χ0) is 21.4. The summed E-state index contributed by atoms with van der Waals surface area (Å²) in [6.45, 7) is 2.06. The molecule has 0 saturated heterocycles. The summed E-state index contributed by atoms with van der Waals surface area (Å²) in [5.74, 6) is -0.386. The molecule has 1 amide bonds. The van der Waals surface area contributed by atoms with Gasteiger partial charge in [0.1, 0.15) is 6.54 Å². The summed E-state index contributed by atoms with van der Waals surface area (Å²) in [4.78, 5) is 48.3. The van der Waals surface area contributed by atoms with Crippen molar-refractivity contribution in [1.82, 2.24) is 29.0 Å². The Morgan fingerprint density at radius 3 is 2.77 bits per heavy atom. The number of nitrogens with zero attached hydrogens (tertiary/aromatic N) is 5. The van der Waals surface area contributed by atoms with Crippen molar-refractivity contribution in [3.05, 3.63) is 54.6 Å². The lowest BCUT2D eigenvalue weighted by molar-refractivity contribution is -0.121. The van der Waals surface area contributed by atoms with E-state index in [4.69, 9.17) is 0 Å². The summed E-state index contributed by atoms with van der Waals surface area (Å²) < 4.78 is 3.76. The van der Waals surface area contributed by atoms with Crippen LogP contribution in [-0.2, 0) is 31.9 Å². The number of carbonyl (C=O) groups is 1. The number of hydrogen-bond donors (Lipinski definition) is 1. The highest BCUT2D eigenvalue weighted by Crippen LogP contribution is 2.29. The molecule has 0 aliphatic rings. The van der Waals surface area contributed by atoms with Gasteiger partial charge >= 0.3 is 5.69 Å². The lowest BCUT2D eigenvalue weighted by Crippen LogP contribution is -2.43. The zero-order valence-electron chi connectivity index (χ0n) is 16.7. The number of fused-ring (bicyclic) bond motifs is 1. The van der Waals surface area contributed by atoms with Crippen LogP contribution in [0.4, 0.5) is 0 Å². The summed E-state index contributed by atoms with van der Waals surface area (Å²) >= 11 is 3.25. The number of aryl methyl sites for hydroxylation is 3. The highest BCUT2D eigenvalue weighted by atomic mass is 32.1. The monoisotopic (exact) mass is 444 g/mol. The van der Waals surface area contributed by atoms with E-state index in [-0.39, 0.29) is 18.0 Å². The van der Waals surface area contributed by atoms with Gasteiger partial charge in [0.2, 0.25) is 5.91 Å². The van der Waals surface area contributed by atoms with Gasteiger partial charge in [-0.05, 0) is 25.5 Å². The molecule has 0 unspecified atom stereocenters. The van der Waals surface area contributed by atoms with Crippen LogP contribution in [0.3, 0.4) is 0 Å². The number of hydrogen-bond acceptors (Lipinski definition) is 7. The van der Waals surface area contributed by atoms with E-state index >= 15 is 0 Å². The molecular weight excluding hydrogens is 424 g/mol. The maximum atomic E-state index is 12.7. The molecule has 0 aliphatic carbocycles. The number of rotatable bonds is 6. The third kappa shape index (κ3) is 3.73. The number of nitrogens with one attached hydrogen (secondary N) is 1. The van der Waals surface area contributed by atoms with Crippen molar-refractivity contribution in [1.29, 1.82) is 0 Å². The van der Waals surface area contributed by atoms with E-state index in [0.717, 1.165) is 25.0 Å². The molecular formula is C19H20N6O3S2. The summed E-state index contributed by atoms with van der Waals surface area (Å²) in [5.41, 5.74) is 0.465. The van der Waals surface area contributed by atoms with Crippen LogP contribution in [0, 0.1) is 6.92 Å². The third-order valence-corrected chi connectivity index (χ3v) is 6.67. The van der Waals surface area contributed by atoms with E-state index in [1.165, 1.54) is 17.9 Å². The molecule has 0 bridgehead atoms. The summed E-state index contributed by atoms with van der Waals surface area (Å²) in [6, 6.07) is 4.06. The minimum absolute atomic E-state index is 0.285. The molecule has 0 atom stereocenters. The van der Waals surface area contributed by atoms with E-state index in [1.807, 2.05) is 24.4 Å². The predicted octanol–water partition coefficient (Wildman–Crippen LogP) is 1.29. The van der Waals surface area contributed by atoms with Gasteiger partial charge in [-0.15, -0.1) is 22.7 Å². The van der Waals surface area contributed by atoms with Crippen molar-refractivity contribution in [2.24, 2.45) is 14.1 Å². The van der Waals surface area contributed by atoms with Gasteiger partial charge in [0.15, 0.2) is 11.2 Å². The van der Waals surface area contributed by atoms with Gasteiger partial charge in [0.25, 0.3) is 5.56 Å². The topological polar surface area (TPSA) is 104 Å². The molecule has 1 N–H and O–H groups in total. The third-order valence-electron chi connectivity index (χ3n) is 4.73. The van der Waals surface area contributed by atoms with E-state index in [2.05, 4.69) is 15.3 Å². The fraction of sp³-hybridized carbons (Fsp3) is 0.316. The zero-order valence-corrected chi connectivity index (χ0v) is 18.3. The average molecular weight is 445 g/mol. The first-order valence-corrected chi connectivity index (χ1v) is 10.9. The number of aromatic nitrogens is 5. The van der Waals surface area contributed by atoms with Crippen molar-refractivity contribution >= 4 is 39.7 Å². The van der Waals surface area contributed by atoms with Crippen molar-refractivity contribution in [3.63, 3.8) is 0 Å². The lowest BCUT2D eigenvalue weighted by atomic mass is 10.3. The molecule has 11 heteroatoms. The Morgan fingerprint density at radius 1 is 1.23 bits per heavy atom. The van der Waals surface area contributed by atoms with E-state index < -0.39 is 11.2 Å². The molecule has 9 nitrogen and oxygen atoms in total. The Labute approximate surface area is 179 Å². The van der Waals surface area contributed by atoms with Crippen molar-refractivity contribution in [3.8, 4) is 10.6 Å². The Kier molecular flexibility index (Phi) is 5.39. The van der Waals surface area contributed by atoms with Crippen LogP contribution in [-0.4, -0.2) is 36.1 Å². The number of amides is 1. The molecule has 4 heterocycles. The van der Waals surface area contributed by atoms with Gasteiger partial charge in [-0.1, -0.05) is 0 Å². The quantitative estimate of drug-likeness (QED) is 0.483. The fourth-order valence-corrected chi connectivity index (χ4v) is 4.84. The Bertz CT molecular complexity index is 1360. The van der Waals surface area contributed by atoms with Crippen LogP contribution in [0.5, 0.6) is 0 Å². The van der Waals surface area contributed by atoms with Gasteiger partial charge in [0.05, 0.1) is 21.9 Å². The first-order valence-electron chi connectivity index (χ1n) is 9.24. The second kappa shape index (κ2) is 8.00. The van der Waals surface area contributed by atoms with Gasteiger partial charge in [0, 0.05) is 30.9 Å². The standard InChI is InChI=1S/C19H20N6O3S2/c1-11-22-13(9-29-11)14-5-4-12(30-14)6-7-20-15(26)8-25-18(27)16-17(21-10-23(16)2)24(3)19(25)28/h4-5,9-10H,6-8H2,1-3H3,(H,20,26). The molecule has 30 heavy (non-hydrogen) atoms. The average Bonchev–Trinajstić information content (AvgIpc) is 3.43. The molecule has 4 rings (SSSR count). The first-order chi connectivity index (χ1) is 14.3. The van der Waals surface area contributed by atoms with E-state index in [9.17, 15) is 14.4 Å². The van der Waals surface area contributed by atoms with Crippen LogP contribution < -0.4 is 16.6 Å². The maximum absolute atomic E-state index is 12.7. The fourth-order valence-electron chi connectivity index (χ4n) is 3.19. The largest absolute Gasteiger partial charge is 0.354 e. The van der Waals surface area contributed by atoms with Gasteiger partial charge in [-0.2, -0.15) is 0 Å². The van der Waals surface area contributed by atoms with Crippen molar-refractivity contribution < 1.29 is 4.79 Å². The second-order valence-corrected chi connectivity index (χ2v) is 9.11. The smallest absolute Gasteiger partial charge is 0.332 e. The molecule has 0 saturated carbocycles. The number of thiazole rings is 1. The Morgan fingerprint density at radius 2 is 2.03 bits per heavy atom. The SMILES string of the molecule is Cc1nc(-c2ccc(CCNC(=O)Cn3c(=O)c4c(ncn4C)n(C)c3=O)s2)cs1. The molecule has 0 aliphatic heterocycles. The molecule has 156 valence electrons. The van der Waals surface area contributed by atoms with Crippen LogP contribution in [0.1, 0.15) is 9.88 Å². The minimum atomic E-state index is -0.567. The second-order valence-electron chi connectivity index (χ2n) is 6.88. The maximum Gasteiger partial charge on any atom is 0.332 e. The Hall–Kier alpha value is -3.05. The normalized spacial score (nSPS) is 11.3. The van der Waals surface area contributed by atoms with Crippen LogP contribution in [0.25, 0.3) is 21.7 Å². The molecule has 0 fully saturated rings. The summed E-state index contributed by atoms with van der Waals surface area (Å²) in [7, 11) is 3.21. The highest BCUT2D eigenvalue weighted by molar-refractivity contribution is 7.16.